The SMILES string of the molecule is O=C1[C@@]2(Cl)C(Cl)=C(Cl)[C@]1(Cl)[C@]1(Cl)C(=O)C(Cl)=C(Cl)[C@@]21Cl. The van der Waals surface area contributed by atoms with Crippen molar-refractivity contribution in [2.45, 2.75) is 19.5 Å². The standard InChI is InChI=1S/C10Cl8O2/c11-1-2(12)9(17)7(15)3(13)4(14)8(16,6(7)20)10(9,18)5(1)19/t7-,8+,9+,10+/m0/s1. The largest absolute Gasteiger partial charge is 0.295 e. The molecule has 0 radical (unpaired) electrons. The van der Waals surface area contributed by atoms with Crippen LogP contribution in [0.2, 0.25) is 0 Å². The maximum atomic E-state index is 12.5. The van der Waals surface area contributed by atoms with Crippen LogP contribution < -0.4 is 0 Å². The van der Waals surface area contributed by atoms with Crippen molar-refractivity contribution < 1.29 is 9.59 Å². The average Bonchev–Trinajstić information content (AvgIpc) is 2.70. The molecule has 3 aliphatic rings. The van der Waals surface area contributed by atoms with Crippen molar-refractivity contribution in [3.63, 3.8) is 0 Å². The molecule has 0 aromatic rings. The van der Waals surface area contributed by atoms with E-state index in [9.17, 15) is 9.59 Å². The second-order valence-corrected chi connectivity index (χ2v) is 8.33. The third-order valence-corrected chi connectivity index (χ3v) is 9.19. The van der Waals surface area contributed by atoms with Gasteiger partial charge in [-0.2, -0.15) is 0 Å². The fourth-order valence-corrected chi connectivity index (χ4v) is 6.72. The van der Waals surface area contributed by atoms with Gasteiger partial charge in [-0.1, -0.05) is 46.4 Å². The summed E-state index contributed by atoms with van der Waals surface area (Å²) in [5, 5.41) is -1.50. The Kier molecular flexibility index (Phi) is 3.17. The van der Waals surface area contributed by atoms with Gasteiger partial charge in [-0.25, -0.2) is 0 Å². The van der Waals surface area contributed by atoms with Crippen LogP contribution in [0.25, 0.3) is 0 Å². The second-order valence-electron chi connectivity index (χ2n) is 4.55. The first kappa shape index (κ1) is 16.0. The molecule has 2 bridgehead atoms. The predicted molar refractivity (Wildman–Crippen MR) is 81.8 cm³/mol. The number of hydrogen-bond acceptors (Lipinski definition) is 2. The van der Waals surface area contributed by atoms with Gasteiger partial charge in [0.2, 0.25) is 5.78 Å². The Labute approximate surface area is 152 Å². The highest BCUT2D eigenvalue weighted by atomic mass is 35.5. The number of Topliss-reactive ketones (excluding diaryl/α,β-unsaturated/α-hetero) is 2. The highest BCUT2D eigenvalue weighted by Crippen LogP contribution is 2.77. The zero-order valence-corrected chi connectivity index (χ0v) is 14.9. The Morgan fingerprint density at radius 2 is 1.05 bits per heavy atom. The van der Waals surface area contributed by atoms with Crippen LogP contribution in [0, 0.1) is 0 Å². The van der Waals surface area contributed by atoms with Crippen LogP contribution in [0.1, 0.15) is 0 Å². The Morgan fingerprint density at radius 1 is 0.650 bits per heavy atom. The van der Waals surface area contributed by atoms with Crippen LogP contribution in [0.15, 0.2) is 20.1 Å². The van der Waals surface area contributed by atoms with Crippen molar-refractivity contribution in [3.8, 4) is 0 Å². The number of carbonyl (C=O) groups excluding carboxylic acids is 2. The first-order valence-corrected chi connectivity index (χ1v) is 7.94. The summed E-state index contributed by atoms with van der Waals surface area (Å²) in [7, 11) is 0. The van der Waals surface area contributed by atoms with Crippen LogP contribution in [0.5, 0.6) is 0 Å². The van der Waals surface area contributed by atoms with Crippen LogP contribution in [0.4, 0.5) is 0 Å². The van der Waals surface area contributed by atoms with Gasteiger partial charge in [0.05, 0.1) is 15.1 Å². The van der Waals surface area contributed by atoms with Gasteiger partial charge in [0.1, 0.15) is 9.91 Å². The number of ketones is 2. The molecule has 1 saturated carbocycles. The minimum Gasteiger partial charge on any atom is -0.295 e. The normalized spacial score (nSPS) is 50.6. The van der Waals surface area contributed by atoms with Gasteiger partial charge in [-0.3, -0.25) is 9.59 Å². The van der Waals surface area contributed by atoms with Gasteiger partial charge < -0.3 is 0 Å². The number of hydrogen-bond donors (Lipinski definition) is 0. The van der Waals surface area contributed by atoms with E-state index in [4.69, 9.17) is 92.8 Å². The topological polar surface area (TPSA) is 34.1 Å². The zero-order chi connectivity index (χ0) is 15.5. The minimum absolute atomic E-state index is 0.315. The van der Waals surface area contributed by atoms with E-state index in [1.165, 1.54) is 0 Å². The quantitative estimate of drug-likeness (QED) is 0.527. The molecule has 2 nitrogen and oxygen atoms in total. The number of fused-ring (bicyclic) bond motifs is 5. The molecule has 3 aliphatic carbocycles. The second kappa shape index (κ2) is 3.96. The molecule has 0 saturated heterocycles. The predicted octanol–water partition coefficient (Wildman–Crippen LogP) is 4.45. The van der Waals surface area contributed by atoms with Gasteiger partial charge in [0, 0.05) is 0 Å². The van der Waals surface area contributed by atoms with Crippen LogP contribution in [0.3, 0.4) is 0 Å². The first-order valence-electron chi connectivity index (χ1n) is 4.92. The highest BCUT2D eigenvalue weighted by Gasteiger charge is 2.93. The molecule has 0 unspecified atom stereocenters. The van der Waals surface area contributed by atoms with Crippen LogP contribution in [-0.2, 0) is 9.59 Å². The van der Waals surface area contributed by atoms with Gasteiger partial charge in [-0.15, -0.1) is 46.4 Å². The van der Waals surface area contributed by atoms with Crippen LogP contribution >= 0.6 is 92.8 Å². The third-order valence-electron chi connectivity index (χ3n) is 3.85. The van der Waals surface area contributed by atoms with Crippen molar-refractivity contribution in [1.82, 2.24) is 0 Å². The average molecular weight is 436 g/mol. The van der Waals surface area contributed by atoms with Crippen molar-refractivity contribution in [2.24, 2.45) is 0 Å². The van der Waals surface area contributed by atoms with Crippen molar-refractivity contribution in [2.75, 3.05) is 0 Å². The lowest BCUT2D eigenvalue weighted by Crippen LogP contribution is -2.61. The Morgan fingerprint density at radius 3 is 1.50 bits per heavy atom. The van der Waals surface area contributed by atoms with Gasteiger partial charge in [0.15, 0.2) is 20.4 Å². The lowest BCUT2D eigenvalue weighted by Gasteiger charge is -2.43. The summed E-state index contributed by atoms with van der Waals surface area (Å²) in [4.78, 5) is 16.2. The molecule has 0 heterocycles. The summed E-state index contributed by atoms with van der Waals surface area (Å²) in [6.45, 7) is 0. The molecule has 108 valence electrons. The van der Waals surface area contributed by atoms with Crippen LogP contribution in [-0.4, -0.2) is 31.1 Å². The number of rotatable bonds is 0. The van der Waals surface area contributed by atoms with Gasteiger partial charge in [-0.05, 0) is 0 Å². The molecule has 0 aliphatic heterocycles. The summed E-state index contributed by atoms with van der Waals surface area (Å²) in [6.07, 6.45) is 0. The van der Waals surface area contributed by atoms with E-state index in [0.29, 0.717) is 0 Å². The van der Waals surface area contributed by atoms with E-state index in [2.05, 4.69) is 0 Å². The molecule has 1 fully saturated rings. The number of allylic oxidation sites excluding steroid dienone is 4. The fourth-order valence-electron chi connectivity index (χ4n) is 2.85. The molecular formula is C10Cl8O2. The molecule has 4 atom stereocenters. The van der Waals surface area contributed by atoms with E-state index in [1.807, 2.05) is 0 Å². The molecule has 20 heavy (non-hydrogen) atoms. The summed E-state index contributed by atoms with van der Waals surface area (Å²) >= 11 is 49.0. The smallest absolute Gasteiger partial charge is 0.201 e. The Hall–Kier alpha value is 1.14. The monoisotopic (exact) mass is 432 g/mol. The molecular weight excluding hydrogens is 436 g/mol. The Balaban J connectivity index is 2.53. The summed E-state index contributed by atoms with van der Waals surface area (Å²) in [5.74, 6) is -1.82. The molecule has 0 spiro atoms. The Bertz CT molecular complexity index is 683. The van der Waals surface area contributed by atoms with Crippen molar-refractivity contribution in [3.05, 3.63) is 20.1 Å². The molecule has 0 amide bonds. The number of carbonyl (C=O) groups is 2. The van der Waals surface area contributed by atoms with Crippen molar-refractivity contribution >= 4 is 104 Å². The summed E-state index contributed by atoms with van der Waals surface area (Å²) < 4.78 is 0. The lowest BCUT2D eigenvalue weighted by molar-refractivity contribution is -0.122. The molecule has 0 N–H and O–H groups in total. The van der Waals surface area contributed by atoms with E-state index in [1.54, 1.807) is 0 Å². The van der Waals surface area contributed by atoms with E-state index in [-0.39, 0.29) is 15.1 Å². The number of halogens is 8. The lowest BCUT2D eigenvalue weighted by atomic mass is 9.82. The molecule has 10 heteroatoms. The fraction of sp³-hybridized carbons (Fsp3) is 0.400. The molecule has 3 rings (SSSR count). The zero-order valence-electron chi connectivity index (χ0n) is 8.84. The molecule has 0 aromatic heterocycles. The van der Waals surface area contributed by atoms with E-state index in [0.717, 1.165) is 0 Å². The molecule has 0 aromatic carbocycles. The summed E-state index contributed by atoms with van der Waals surface area (Å²) in [6, 6.07) is 0. The first-order chi connectivity index (χ1) is 8.95. The summed E-state index contributed by atoms with van der Waals surface area (Å²) in [5.41, 5.74) is 0. The minimum atomic E-state index is -2.24. The van der Waals surface area contributed by atoms with Crippen molar-refractivity contribution in [1.29, 1.82) is 0 Å². The maximum Gasteiger partial charge on any atom is 0.201 e. The maximum absolute atomic E-state index is 12.5. The van der Waals surface area contributed by atoms with Gasteiger partial charge >= 0.3 is 0 Å². The third kappa shape index (κ3) is 1.09. The highest BCUT2D eigenvalue weighted by molar-refractivity contribution is 6.76. The van der Waals surface area contributed by atoms with Gasteiger partial charge in [0.25, 0.3) is 0 Å². The number of alkyl halides is 4. The van der Waals surface area contributed by atoms with E-state index < -0.39 is 36.1 Å². The van der Waals surface area contributed by atoms with E-state index >= 15 is 0 Å².